The zero-order valence-corrected chi connectivity index (χ0v) is 8.02. The molecule has 0 aliphatic rings. The van der Waals surface area contributed by atoms with Gasteiger partial charge in [0.25, 0.3) is 0 Å². The smallest absolute Gasteiger partial charge is 0.243 e. The monoisotopic (exact) mass is 171 g/mol. The van der Waals surface area contributed by atoms with Crippen LogP contribution in [-0.2, 0) is 4.79 Å². The van der Waals surface area contributed by atoms with Crippen LogP contribution in [0.5, 0.6) is 0 Å². The van der Waals surface area contributed by atoms with E-state index in [2.05, 4.69) is 26.0 Å². The van der Waals surface area contributed by atoms with Crippen LogP contribution in [0.25, 0.3) is 0 Å². The summed E-state index contributed by atoms with van der Waals surface area (Å²) in [4.78, 5) is 12.1. The summed E-state index contributed by atoms with van der Waals surface area (Å²) in [7, 11) is 4.25. The molecule has 0 heterocycles. The minimum absolute atomic E-state index is 0.0767. The van der Waals surface area contributed by atoms with Gasteiger partial charge in [0.2, 0.25) is 5.91 Å². The first-order valence-corrected chi connectivity index (χ1v) is 4.36. The molecule has 70 valence electrons. The molecule has 0 rings (SSSR count). The van der Waals surface area contributed by atoms with E-state index in [0.29, 0.717) is 0 Å². The predicted molar refractivity (Wildman–Crippen MR) is 50.1 cm³/mol. The number of amides is 1. The predicted octanol–water partition coefficient (Wildman–Crippen LogP) is -0.787. The molecule has 3 heteroatoms. The summed E-state index contributed by atoms with van der Waals surface area (Å²) in [5.41, 5.74) is 0. The minimum Gasteiger partial charge on any atom is -0.353 e. The highest BCUT2D eigenvalue weighted by Crippen LogP contribution is 1.81. The molecule has 0 fully saturated rings. The molecule has 1 amide bonds. The molecular weight excluding hydrogens is 152 g/mol. The van der Waals surface area contributed by atoms with Crippen molar-refractivity contribution in [3.05, 3.63) is 12.7 Å². The van der Waals surface area contributed by atoms with Crippen LogP contribution in [0, 0.1) is 0 Å². The fourth-order valence-corrected chi connectivity index (χ4v) is 0.887. The second-order valence-corrected chi connectivity index (χ2v) is 3.16. The molecule has 0 atom stereocenters. The zero-order chi connectivity index (χ0) is 9.40. The maximum Gasteiger partial charge on any atom is 0.243 e. The van der Waals surface area contributed by atoms with Gasteiger partial charge in [0.15, 0.2) is 0 Å². The number of carbonyl (C=O) groups excluding carboxylic acids is 1. The summed E-state index contributed by atoms with van der Waals surface area (Å²) in [6.45, 7) is 5.29. The van der Waals surface area contributed by atoms with Gasteiger partial charge in [0.1, 0.15) is 0 Å². The van der Waals surface area contributed by atoms with Gasteiger partial charge in [-0.15, -0.1) is 0 Å². The third kappa shape index (κ3) is 7.28. The fraction of sp³-hybridized carbons (Fsp3) is 0.667. The van der Waals surface area contributed by atoms with E-state index in [1.807, 2.05) is 0 Å². The van der Waals surface area contributed by atoms with Gasteiger partial charge in [-0.25, -0.2) is 0 Å². The molecule has 3 nitrogen and oxygen atoms in total. The molecule has 0 aliphatic carbocycles. The molecule has 0 aromatic heterocycles. The van der Waals surface area contributed by atoms with E-state index >= 15 is 0 Å². The molecule has 0 aliphatic heterocycles. The quantitative estimate of drug-likeness (QED) is 0.399. The van der Waals surface area contributed by atoms with Crippen LogP contribution in [-0.4, -0.2) is 33.1 Å². The summed E-state index contributed by atoms with van der Waals surface area (Å²) in [5.74, 6) is -0.0767. The molecule has 0 saturated carbocycles. The molecular formula is C9H19N2O+. The third-order valence-electron chi connectivity index (χ3n) is 1.59. The molecule has 0 radical (unpaired) electrons. The number of carbonyl (C=O) groups is 1. The Morgan fingerprint density at radius 3 is 2.67 bits per heavy atom. The second kappa shape index (κ2) is 6.85. The number of hydrogen-bond donors (Lipinski definition) is 2. The number of hydrogen-bond acceptors (Lipinski definition) is 1. The van der Waals surface area contributed by atoms with E-state index in [1.165, 1.54) is 11.0 Å². The maximum absolute atomic E-state index is 10.7. The lowest BCUT2D eigenvalue weighted by molar-refractivity contribution is -0.858. The van der Waals surface area contributed by atoms with Gasteiger partial charge in [0.05, 0.1) is 20.6 Å². The van der Waals surface area contributed by atoms with Crippen LogP contribution >= 0.6 is 0 Å². The first-order valence-electron chi connectivity index (χ1n) is 4.36. The minimum atomic E-state index is -0.0767. The lowest BCUT2D eigenvalue weighted by atomic mass is 10.3. The topological polar surface area (TPSA) is 33.5 Å². The Kier molecular flexibility index (Phi) is 6.38. The second-order valence-electron chi connectivity index (χ2n) is 3.16. The van der Waals surface area contributed by atoms with E-state index in [-0.39, 0.29) is 5.91 Å². The normalized spacial score (nSPS) is 9.92. The Bertz CT molecular complexity index is 143. The van der Waals surface area contributed by atoms with Gasteiger partial charge >= 0.3 is 0 Å². The lowest BCUT2D eigenvalue weighted by Gasteiger charge is -2.06. The number of unbranched alkanes of at least 4 members (excludes halogenated alkanes) is 1. The van der Waals surface area contributed by atoms with Gasteiger partial charge < -0.3 is 10.2 Å². The van der Waals surface area contributed by atoms with Gasteiger partial charge in [-0.1, -0.05) is 6.58 Å². The highest BCUT2D eigenvalue weighted by Gasteiger charge is 1.95. The number of rotatable bonds is 6. The van der Waals surface area contributed by atoms with E-state index in [1.54, 1.807) is 0 Å². The van der Waals surface area contributed by atoms with Crippen LogP contribution in [0.3, 0.4) is 0 Å². The standard InChI is InChI=1S/C9H18N2O/c1-4-9(12)10-7-5-6-8-11(2)3/h4H,1,5-8H2,2-3H3,(H,10,12)/p+1. The van der Waals surface area contributed by atoms with Crippen molar-refractivity contribution in [1.82, 2.24) is 5.32 Å². The maximum atomic E-state index is 10.7. The Labute approximate surface area is 74.4 Å². The highest BCUT2D eigenvalue weighted by molar-refractivity contribution is 5.86. The van der Waals surface area contributed by atoms with Crippen molar-refractivity contribution in [2.45, 2.75) is 12.8 Å². The van der Waals surface area contributed by atoms with Gasteiger partial charge in [0, 0.05) is 6.54 Å². The first-order chi connectivity index (χ1) is 5.66. The van der Waals surface area contributed by atoms with E-state index in [4.69, 9.17) is 0 Å². The number of nitrogens with one attached hydrogen (secondary N) is 2. The molecule has 0 aromatic carbocycles. The number of quaternary nitrogens is 1. The molecule has 0 unspecified atom stereocenters. The molecule has 0 spiro atoms. The van der Waals surface area contributed by atoms with Crippen molar-refractivity contribution in [2.24, 2.45) is 0 Å². The summed E-state index contributed by atoms with van der Waals surface area (Å²) in [5, 5.41) is 2.74. The average Bonchev–Trinajstić information content (AvgIpc) is 2.03. The van der Waals surface area contributed by atoms with Crippen molar-refractivity contribution in [3.63, 3.8) is 0 Å². The van der Waals surface area contributed by atoms with Crippen LogP contribution in [0.15, 0.2) is 12.7 Å². The van der Waals surface area contributed by atoms with Gasteiger partial charge in [-0.2, -0.15) is 0 Å². The molecule has 12 heavy (non-hydrogen) atoms. The van der Waals surface area contributed by atoms with Crippen LogP contribution in [0.4, 0.5) is 0 Å². The molecule has 0 aromatic rings. The van der Waals surface area contributed by atoms with E-state index < -0.39 is 0 Å². The summed E-state index contributed by atoms with van der Waals surface area (Å²) in [6.07, 6.45) is 3.50. The Hall–Kier alpha value is -0.830. The highest BCUT2D eigenvalue weighted by atomic mass is 16.1. The summed E-state index contributed by atoms with van der Waals surface area (Å²) in [6, 6.07) is 0. The van der Waals surface area contributed by atoms with Gasteiger partial charge in [-0.3, -0.25) is 4.79 Å². The van der Waals surface area contributed by atoms with Gasteiger partial charge in [-0.05, 0) is 18.9 Å². The molecule has 0 saturated heterocycles. The van der Waals surface area contributed by atoms with Crippen molar-refractivity contribution in [2.75, 3.05) is 27.2 Å². The van der Waals surface area contributed by atoms with Crippen molar-refractivity contribution in [1.29, 1.82) is 0 Å². The Balaban J connectivity index is 3.11. The Morgan fingerprint density at radius 1 is 1.50 bits per heavy atom. The van der Waals surface area contributed by atoms with Crippen molar-refractivity contribution >= 4 is 5.91 Å². The largest absolute Gasteiger partial charge is 0.353 e. The van der Waals surface area contributed by atoms with Crippen LogP contribution < -0.4 is 10.2 Å². The lowest BCUT2D eigenvalue weighted by Crippen LogP contribution is -3.05. The van der Waals surface area contributed by atoms with E-state index in [0.717, 1.165) is 25.9 Å². The molecule has 2 N–H and O–H groups in total. The van der Waals surface area contributed by atoms with Crippen molar-refractivity contribution in [3.8, 4) is 0 Å². The van der Waals surface area contributed by atoms with Crippen LogP contribution in [0.1, 0.15) is 12.8 Å². The summed E-state index contributed by atoms with van der Waals surface area (Å²) < 4.78 is 0. The zero-order valence-electron chi connectivity index (χ0n) is 8.02. The Morgan fingerprint density at radius 2 is 2.17 bits per heavy atom. The van der Waals surface area contributed by atoms with Crippen LogP contribution in [0.2, 0.25) is 0 Å². The fourth-order valence-electron chi connectivity index (χ4n) is 0.887. The van der Waals surface area contributed by atoms with E-state index in [9.17, 15) is 4.79 Å². The third-order valence-corrected chi connectivity index (χ3v) is 1.59. The first kappa shape index (κ1) is 11.2. The molecule has 0 bridgehead atoms. The average molecular weight is 171 g/mol. The van der Waals surface area contributed by atoms with Crippen molar-refractivity contribution < 1.29 is 9.69 Å². The SMILES string of the molecule is C=CC(=O)NCCCC[NH+](C)C. The summed E-state index contributed by atoms with van der Waals surface area (Å²) >= 11 is 0.